The highest BCUT2D eigenvalue weighted by Crippen LogP contribution is 2.11. The Morgan fingerprint density at radius 3 is 2.87 bits per heavy atom. The van der Waals surface area contributed by atoms with Gasteiger partial charge < -0.3 is 9.42 Å². The summed E-state index contributed by atoms with van der Waals surface area (Å²) in [4.78, 5) is 28.0. The lowest BCUT2D eigenvalue weighted by atomic mass is 10.1. The van der Waals surface area contributed by atoms with E-state index in [0.717, 1.165) is 0 Å². The van der Waals surface area contributed by atoms with E-state index in [4.69, 9.17) is 4.52 Å². The highest BCUT2D eigenvalue weighted by molar-refractivity contribution is 6.00. The number of likely N-dealkylation sites (tertiary alicyclic amines) is 1. The Hall–Kier alpha value is -1.72. The molecule has 80 valence electrons. The largest absolute Gasteiger partial charge is 0.337 e. The van der Waals surface area contributed by atoms with Gasteiger partial charge in [-0.1, -0.05) is 5.16 Å². The first kappa shape index (κ1) is 9.82. The SMILES string of the molecule is Cc1noc(CN2CCC(=O)CC2=O)n1. The van der Waals surface area contributed by atoms with Crippen LogP contribution in [0, 0.1) is 6.92 Å². The third kappa shape index (κ3) is 2.20. The molecule has 1 fully saturated rings. The third-order valence-corrected chi connectivity index (χ3v) is 2.26. The van der Waals surface area contributed by atoms with Crippen LogP contribution in [0.5, 0.6) is 0 Å². The predicted octanol–water partition coefficient (Wildman–Crippen LogP) is 0.0695. The van der Waals surface area contributed by atoms with Crippen LogP contribution in [0.25, 0.3) is 0 Å². The van der Waals surface area contributed by atoms with Gasteiger partial charge in [-0.2, -0.15) is 4.98 Å². The summed E-state index contributed by atoms with van der Waals surface area (Å²) in [5, 5.41) is 3.63. The Bertz CT molecular complexity index is 399. The lowest BCUT2D eigenvalue weighted by Crippen LogP contribution is -2.38. The van der Waals surface area contributed by atoms with Crippen molar-refractivity contribution < 1.29 is 14.1 Å². The Kier molecular flexibility index (Phi) is 2.49. The van der Waals surface area contributed by atoms with Gasteiger partial charge in [0.1, 0.15) is 5.78 Å². The maximum Gasteiger partial charge on any atom is 0.246 e. The number of amides is 1. The summed E-state index contributed by atoms with van der Waals surface area (Å²) < 4.78 is 4.90. The molecule has 0 unspecified atom stereocenters. The van der Waals surface area contributed by atoms with Crippen molar-refractivity contribution in [2.45, 2.75) is 26.3 Å². The Morgan fingerprint density at radius 1 is 1.47 bits per heavy atom. The minimum Gasteiger partial charge on any atom is -0.337 e. The molecule has 1 amide bonds. The first-order valence-corrected chi connectivity index (χ1v) is 4.74. The van der Waals surface area contributed by atoms with E-state index in [-0.39, 0.29) is 18.1 Å². The molecular formula is C9H11N3O3. The van der Waals surface area contributed by atoms with Crippen molar-refractivity contribution in [1.82, 2.24) is 15.0 Å². The minimum absolute atomic E-state index is 0.00189. The second kappa shape index (κ2) is 3.80. The van der Waals surface area contributed by atoms with E-state index in [9.17, 15) is 9.59 Å². The number of nitrogens with zero attached hydrogens (tertiary/aromatic N) is 3. The van der Waals surface area contributed by atoms with Crippen LogP contribution in [0.1, 0.15) is 24.6 Å². The summed E-state index contributed by atoms with van der Waals surface area (Å²) in [5.41, 5.74) is 0. The summed E-state index contributed by atoms with van der Waals surface area (Å²) in [7, 11) is 0. The smallest absolute Gasteiger partial charge is 0.246 e. The van der Waals surface area contributed by atoms with Crippen molar-refractivity contribution in [1.29, 1.82) is 0 Å². The lowest BCUT2D eigenvalue weighted by Gasteiger charge is -2.24. The van der Waals surface area contributed by atoms with E-state index in [1.807, 2.05) is 0 Å². The van der Waals surface area contributed by atoms with Gasteiger partial charge >= 0.3 is 0 Å². The minimum atomic E-state index is -0.165. The van der Waals surface area contributed by atoms with Crippen LogP contribution in [0.2, 0.25) is 0 Å². The average molecular weight is 209 g/mol. The number of piperidine rings is 1. The number of Topliss-reactive ketones (excluding diaryl/α,β-unsaturated/α-hetero) is 1. The van der Waals surface area contributed by atoms with Crippen molar-refractivity contribution in [3.05, 3.63) is 11.7 Å². The molecule has 2 heterocycles. The number of aromatic nitrogens is 2. The summed E-state index contributed by atoms with van der Waals surface area (Å²) in [6.45, 7) is 2.46. The van der Waals surface area contributed by atoms with Gasteiger partial charge in [0.2, 0.25) is 11.8 Å². The van der Waals surface area contributed by atoms with Crippen LogP contribution in [-0.4, -0.2) is 33.3 Å². The molecule has 0 saturated carbocycles. The molecule has 6 heteroatoms. The maximum absolute atomic E-state index is 11.4. The zero-order valence-corrected chi connectivity index (χ0v) is 8.39. The van der Waals surface area contributed by atoms with Gasteiger partial charge in [0.05, 0.1) is 13.0 Å². The molecule has 0 aliphatic carbocycles. The molecule has 1 saturated heterocycles. The number of hydrogen-bond acceptors (Lipinski definition) is 5. The lowest BCUT2D eigenvalue weighted by molar-refractivity contribution is -0.140. The summed E-state index contributed by atoms with van der Waals surface area (Å²) in [6.07, 6.45) is 0.409. The Morgan fingerprint density at radius 2 is 2.27 bits per heavy atom. The first-order valence-electron chi connectivity index (χ1n) is 4.74. The van der Waals surface area contributed by atoms with Crippen LogP contribution in [0.15, 0.2) is 4.52 Å². The number of ketones is 1. The molecule has 1 aromatic heterocycles. The number of hydrogen-bond donors (Lipinski definition) is 0. The van der Waals surface area contributed by atoms with Crippen LogP contribution in [-0.2, 0) is 16.1 Å². The maximum atomic E-state index is 11.4. The second-order valence-corrected chi connectivity index (χ2v) is 3.52. The molecule has 1 aromatic rings. The number of carbonyl (C=O) groups is 2. The molecule has 0 N–H and O–H groups in total. The fourth-order valence-electron chi connectivity index (χ4n) is 1.49. The van der Waals surface area contributed by atoms with Crippen molar-refractivity contribution in [2.75, 3.05) is 6.54 Å². The van der Waals surface area contributed by atoms with E-state index in [1.165, 1.54) is 0 Å². The number of aryl methyl sites for hydroxylation is 1. The molecule has 1 aliphatic heterocycles. The molecular weight excluding hydrogens is 198 g/mol. The highest BCUT2D eigenvalue weighted by atomic mass is 16.5. The summed E-state index contributed by atoms with van der Waals surface area (Å²) in [6, 6.07) is 0. The van der Waals surface area contributed by atoms with E-state index < -0.39 is 0 Å². The normalized spacial score (nSPS) is 17.3. The molecule has 0 atom stereocenters. The molecule has 0 aromatic carbocycles. The molecule has 2 rings (SSSR count). The zero-order chi connectivity index (χ0) is 10.8. The van der Waals surface area contributed by atoms with Crippen LogP contribution >= 0.6 is 0 Å². The van der Waals surface area contributed by atoms with Gasteiger partial charge in [-0.25, -0.2) is 0 Å². The molecule has 0 radical (unpaired) electrons. The monoisotopic (exact) mass is 209 g/mol. The van der Waals surface area contributed by atoms with Crippen LogP contribution in [0.4, 0.5) is 0 Å². The van der Waals surface area contributed by atoms with Crippen molar-refractivity contribution in [3.63, 3.8) is 0 Å². The van der Waals surface area contributed by atoms with E-state index in [2.05, 4.69) is 10.1 Å². The third-order valence-electron chi connectivity index (χ3n) is 2.26. The van der Waals surface area contributed by atoms with Crippen molar-refractivity contribution in [3.8, 4) is 0 Å². The highest BCUT2D eigenvalue weighted by Gasteiger charge is 2.24. The molecule has 0 spiro atoms. The number of carbonyl (C=O) groups excluding carboxylic acids is 2. The molecule has 15 heavy (non-hydrogen) atoms. The fourth-order valence-corrected chi connectivity index (χ4v) is 1.49. The van der Waals surface area contributed by atoms with E-state index in [1.54, 1.807) is 11.8 Å². The Balaban J connectivity index is 2.00. The van der Waals surface area contributed by atoms with Gasteiger partial charge in [-0.15, -0.1) is 0 Å². The standard InChI is InChI=1S/C9H11N3O3/c1-6-10-8(15-11-6)5-12-3-2-7(13)4-9(12)14/h2-5H2,1H3. The fraction of sp³-hybridized carbons (Fsp3) is 0.556. The van der Waals surface area contributed by atoms with Crippen molar-refractivity contribution in [2.24, 2.45) is 0 Å². The van der Waals surface area contributed by atoms with E-state index >= 15 is 0 Å². The molecule has 0 bridgehead atoms. The van der Waals surface area contributed by atoms with Gasteiger partial charge in [0, 0.05) is 13.0 Å². The summed E-state index contributed by atoms with van der Waals surface area (Å²) >= 11 is 0. The topological polar surface area (TPSA) is 76.3 Å². The van der Waals surface area contributed by atoms with Crippen LogP contribution < -0.4 is 0 Å². The van der Waals surface area contributed by atoms with Crippen LogP contribution in [0.3, 0.4) is 0 Å². The second-order valence-electron chi connectivity index (χ2n) is 3.52. The molecule has 1 aliphatic rings. The summed E-state index contributed by atoms with van der Waals surface area (Å²) in [5.74, 6) is 0.792. The zero-order valence-electron chi connectivity index (χ0n) is 8.39. The quantitative estimate of drug-likeness (QED) is 0.644. The van der Waals surface area contributed by atoms with Gasteiger partial charge in [0.25, 0.3) is 0 Å². The average Bonchev–Trinajstić information content (AvgIpc) is 2.56. The Labute approximate surface area is 86.2 Å². The number of rotatable bonds is 2. The molecule has 6 nitrogen and oxygen atoms in total. The predicted molar refractivity (Wildman–Crippen MR) is 48.7 cm³/mol. The van der Waals surface area contributed by atoms with Gasteiger partial charge in [-0.3, -0.25) is 9.59 Å². The van der Waals surface area contributed by atoms with Crippen molar-refractivity contribution >= 4 is 11.7 Å². The first-order chi connectivity index (χ1) is 7.15. The van der Waals surface area contributed by atoms with E-state index in [0.29, 0.717) is 31.2 Å². The van der Waals surface area contributed by atoms with Gasteiger partial charge in [0.15, 0.2) is 5.82 Å². The van der Waals surface area contributed by atoms with Gasteiger partial charge in [-0.05, 0) is 6.92 Å².